The number of carbonyl (C=O) groups is 4. The molecule has 0 saturated heterocycles. The molecule has 1 unspecified atom stereocenters. The van der Waals surface area contributed by atoms with Crippen molar-refractivity contribution in [1.82, 2.24) is 10.2 Å². The van der Waals surface area contributed by atoms with E-state index in [2.05, 4.69) is 16.7 Å². The van der Waals surface area contributed by atoms with Crippen molar-refractivity contribution in [2.75, 3.05) is 23.3 Å². The maximum absolute atomic E-state index is 13.1. The van der Waals surface area contributed by atoms with Crippen LogP contribution in [0.3, 0.4) is 0 Å². The summed E-state index contributed by atoms with van der Waals surface area (Å²) in [5, 5.41) is 7.63. The second kappa shape index (κ2) is 10.2. The molecule has 174 valence electrons. The van der Waals surface area contributed by atoms with Crippen molar-refractivity contribution < 1.29 is 19.2 Å². The lowest BCUT2D eigenvalue weighted by Gasteiger charge is -2.31. The highest BCUT2D eigenvalue weighted by atomic mass is 32.1. The van der Waals surface area contributed by atoms with Gasteiger partial charge in [0.05, 0.1) is 11.4 Å². The number of hydrogen-bond acceptors (Lipinski definition) is 5. The summed E-state index contributed by atoms with van der Waals surface area (Å²) in [4.78, 5) is 55.0. The predicted molar refractivity (Wildman–Crippen MR) is 127 cm³/mol. The summed E-state index contributed by atoms with van der Waals surface area (Å²) < 4.78 is 0. The highest BCUT2D eigenvalue weighted by Gasteiger charge is 2.30. The number of para-hydroxylation sites is 2. The van der Waals surface area contributed by atoms with Gasteiger partial charge >= 0.3 is 0 Å². The number of nitrogens with zero attached hydrogens (tertiary/aromatic N) is 2. The summed E-state index contributed by atoms with van der Waals surface area (Å²) in [5.74, 6) is -0.976. The number of amides is 4. The second-order valence-electron chi connectivity index (χ2n) is 8.33. The Labute approximate surface area is 196 Å². The Balaban J connectivity index is 1.33. The number of nitrogens with one attached hydrogen (secondary N) is 2. The van der Waals surface area contributed by atoms with E-state index >= 15 is 0 Å². The molecule has 1 atom stereocenters. The van der Waals surface area contributed by atoms with Crippen LogP contribution in [-0.2, 0) is 32.1 Å². The van der Waals surface area contributed by atoms with Crippen molar-refractivity contribution >= 4 is 46.3 Å². The van der Waals surface area contributed by atoms with E-state index in [9.17, 15) is 19.2 Å². The van der Waals surface area contributed by atoms with Gasteiger partial charge in [-0.15, -0.1) is 11.3 Å². The quantitative estimate of drug-likeness (QED) is 0.653. The summed E-state index contributed by atoms with van der Waals surface area (Å²) in [6.07, 6.45) is 2.06. The first-order chi connectivity index (χ1) is 16.0. The Kier molecular flexibility index (Phi) is 7.08. The molecular weight excluding hydrogens is 440 g/mol. The molecule has 8 nitrogen and oxygen atoms in total. The topological polar surface area (TPSA) is 98.8 Å². The molecule has 2 N–H and O–H groups in total. The van der Waals surface area contributed by atoms with Crippen molar-refractivity contribution in [3.05, 3.63) is 46.2 Å². The highest BCUT2D eigenvalue weighted by Crippen LogP contribution is 2.29. The van der Waals surface area contributed by atoms with Crippen LogP contribution >= 0.6 is 11.3 Å². The van der Waals surface area contributed by atoms with Gasteiger partial charge in [-0.05, 0) is 42.0 Å². The van der Waals surface area contributed by atoms with E-state index in [4.69, 9.17) is 0 Å². The normalized spacial score (nSPS) is 15.8. The van der Waals surface area contributed by atoms with Crippen LogP contribution in [0.25, 0.3) is 0 Å². The average molecular weight is 469 g/mol. The van der Waals surface area contributed by atoms with Crippen molar-refractivity contribution in [3.8, 4) is 0 Å². The molecule has 1 aromatic carbocycles. The molecule has 0 aliphatic carbocycles. The molecule has 2 aliphatic heterocycles. The fraction of sp³-hybridized carbons (Fsp3) is 0.417. The highest BCUT2D eigenvalue weighted by molar-refractivity contribution is 7.10. The van der Waals surface area contributed by atoms with E-state index in [1.165, 1.54) is 15.3 Å². The lowest BCUT2D eigenvalue weighted by Crippen LogP contribution is -2.49. The van der Waals surface area contributed by atoms with Gasteiger partial charge in [-0.3, -0.25) is 19.2 Å². The van der Waals surface area contributed by atoms with Crippen LogP contribution in [0.1, 0.15) is 43.0 Å². The fourth-order valence-corrected chi connectivity index (χ4v) is 5.17. The first-order valence-corrected chi connectivity index (χ1v) is 12.2. The zero-order valence-corrected chi connectivity index (χ0v) is 19.5. The third-order valence-electron chi connectivity index (χ3n) is 5.97. The SMILES string of the molecule is CCCC(NC(=O)CCC(=O)N1CC(=O)Nc2ccccc21)C(=O)N1CCc2sccc2C1. The molecule has 1 aromatic heterocycles. The first kappa shape index (κ1) is 23.0. The lowest BCUT2D eigenvalue weighted by atomic mass is 10.1. The number of hydrogen-bond donors (Lipinski definition) is 2. The summed E-state index contributed by atoms with van der Waals surface area (Å²) >= 11 is 1.72. The molecule has 4 rings (SSSR count). The Bertz CT molecular complexity index is 1070. The number of thiophene rings is 1. The van der Waals surface area contributed by atoms with Crippen LogP contribution in [0.2, 0.25) is 0 Å². The maximum atomic E-state index is 13.1. The number of benzene rings is 1. The van der Waals surface area contributed by atoms with E-state index in [1.54, 1.807) is 35.6 Å². The molecule has 0 spiro atoms. The minimum atomic E-state index is -0.598. The molecule has 0 radical (unpaired) electrons. The number of fused-ring (bicyclic) bond motifs is 2. The molecule has 0 bridgehead atoms. The van der Waals surface area contributed by atoms with Gasteiger partial charge in [0.15, 0.2) is 0 Å². The van der Waals surface area contributed by atoms with Crippen LogP contribution in [0.5, 0.6) is 0 Å². The van der Waals surface area contributed by atoms with Crippen molar-refractivity contribution in [2.45, 2.75) is 51.6 Å². The van der Waals surface area contributed by atoms with E-state index in [0.717, 1.165) is 12.8 Å². The van der Waals surface area contributed by atoms with Crippen LogP contribution in [0, 0.1) is 0 Å². The first-order valence-electron chi connectivity index (χ1n) is 11.3. The molecule has 2 aromatic rings. The summed E-state index contributed by atoms with van der Waals surface area (Å²) in [6, 6.07) is 8.54. The Hall–Kier alpha value is -3.20. The van der Waals surface area contributed by atoms with Gasteiger partial charge in [0.2, 0.25) is 23.6 Å². The van der Waals surface area contributed by atoms with Crippen LogP contribution < -0.4 is 15.5 Å². The third-order valence-corrected chi connectivity index (χ3v) is 6.99. The zero-order valence-electron chi connectivity index (χ0n) is 18.6. The Morgan fingerprint density at radius 3 is 2.79 bits per heavy atom. The zero-order chi connectivity index (χ0) is 23.4. The predicted octanol–water partition coefficient (Wildman–Crippen LogP) is 2.68. The van der Waals surface area contributed by atoms with Crippen LogP contribution in [0.15, 0.2) is 35.7 Å². The summed E-state index contributed by atoms with van der Waals surface area (Å²) in [5.41, 5.74) is 2.38. The van der Waals surface area contributed by atoms with Gasteiger partial charge in [-0.2, -0.15) is 0 Å². The minimum Gasteiger partial charge on any atom is -0.344 e. The standard InChI is InChI=1S/C24H28N4O4S/c1-2-5-18(24(32)27-12-10-20-16(14-27)11-13-33-20)26-21(29)8-9-23(31)28-15-22(30)25-17-6-3-4-7-19(17)28/h3-4,6-7,11,13,18H,2,5,8-10,12,14-15H2,1H3,(H,25,30)(H,26,29). The van der Waals surface area contributed by atoms with E-state index in [1.807, 2.05) is 17.2 Å². The Morgan fingerprint density at radius 1 is 1.15 bits per heavy atom. The molecular formula is C24H28N4O4S. The molecule has 2 aliphatic rings. The van der Waals surface area contributed by atoms with Crippen LogP contribution in [-0.4, -0.2) is 47.7 Å². The van der Waals surface area contributed by atoms with Crippen molar-refractivity contribution in [1.29, 1.82) is 0 Å². The second-order valence-corrected chi connectivity index (χ2v) is 9.33. The molecule has 3 heterocycles. The van der Waals surface area contributed by atoms with Gasteiger partial charge in [0.1, 0.15) is 12.6 Å². The van der Waals surface area contributed by atoms with Gasteiger partial charge in [0.25, 0.3) is 0 Å². The summed E-state index contributed by atoms with van der Waals surface area (Å²) in [6.45, 7) is 3.12. The number of rotatable bonds is 7. The Morgan fingerprint density at radius 2 is 1.97 bits per heavy atom. The maximum Gasteiger partial charge on any atom is 0.245 e. The third kappa shape index (κ3) is 5.24. The van der Waals surface area contributed by atoms with Crippen molar-refractivity contribution in [3.63, 3.8) is 0 Å². The number of carbonyl (C=O) groups excluding carboxylic acids is 4. The monoisotopic (exact) mass is 468 g/mol. The lowest BCUT2D eigenvalue weighted by molar-refractivity contribution is -0.137. The average Bonchev–Trinajstić information content (AvgIpc) is 3.29. The van der Waals surface area contributed by atoms with E-state index in [0.29, 0.717) is 30.9 Å². The van der Waals surface area contributed by atoms with Gasteiger partial charge < -0.3 is 20.4 Å². The molecule has 9 heteroatoms. The largest absolute Gasteiger partial charge is 0.344 e. The molecule has 33 heavy (non-hydrogen) atoms. The molecule has 0 fully saturated rings. The minimum absolute atomic E-state index is 0.0392. The smallest absolute Gasteiger partial charge is 0.245 e. The van der Waals surface area contributed by atoms with Crippen LogP contribution in [0.4, 0.5) is 11.4 Å². The van der Waals surface area contributed by atoms with E-state index in [-0.39, 0.29) is 43.0 Å². The van der Waals surface area contributed by atoms with Gasteiger partial charge in [-0.25, -0.2) is 0 Å². The fourth-order valence-electron chi connectivity index (χ4n) is 4.28. The molecule has 4 amide bonds. The summed E-state index contributed by atoms with van der Waals surface area (Å²) in [7, 11) is 0. The van der Waals surface area contributed by atoms with Gasteiger partial charge in [-0.1, -0.05) is 25.5 Å². The van der Waals surface area contributed by atoms with Gasteiger partial charge in [0, 0.05) is 30.8 Å². The molecule has 0 saturated carbocycles. The van der Waals surface area contributed by atoms with E-state index < -0.39 is 6.04 Å². The number of anilines is 2. The van der Waals surface area contributed by atoms with Crippen molar-refractivity contribution in [2.24, 2.45) is 0 Å².